The quantitative estimate of drug-likeness (QED) is 0.903. The topological polar surface area (TPSA) is 65.0 Å². The molecule has 0 radical (unpaired) electrons. The number of carboxylic acids is 1. The molecule has 5 heteroatoms. The first-order valence-corrected chi connectivity index (χ1v) is 8.32. The Hall–Kier alpha value is -1.75. The van der Waals surface area contributed by atoms with Crippen LogP contribution in [-0.2, 0) is 14.9 Å². The second-order valence-corrected chi connectivity index (χ2v) is 6.39. The van der Waals surface area contributed by atoms with Crippen LogP contribution >= 0.6 is 0 Å². The van der Waals surface area contributed by atoms with Gasteiger partial charge in [-0.2, -0.15) is 0 Å². The number of carbonyl (C=O) groups is 1. The molecule has 1 atom stereocenters. The highest BCUT2D eigenvalue weighted by Gasteiger charge is 2.45. The molecule has 1 aliphatic carbocycles. The lowest BCUT2D eigenvalue weighted by molar-refractivity contribution is -0.143. The van der Waals surface area contributed by atoms with Gasteiger partial charge in [-0.1, -0.05) is 25.0 Å². The van der Waals surface area contributed by atoms with Crippen molar-refractivity contribution < 1.29 is 24.1 Å². The third-order valence-electron chi connectivity index (χ3n) is 4.98. The molecule has 0 spiro atoms. The van der Waals surface area contributed by atoms with E-state index in [1.54, 1.807) is 7.11 Å². The van der Waals surface area contributed by atoms with Gasteiger partial charge in [0, 0.05) is 12.2 Å². The normalized spacial score (nSPS) is 23.4. The minimum atomic E-state index is -0.853. The molecule has 2 aliphatic rings. The highest BCUT2D eigenvalue weighted by Crippen LogP contribution is 2.48. The fourth-order valence-corrected chi connectivity index (χ4v) is 3.76. The van der Waals surface area contributed by atoms with E-state index in [9.17, 15) is 9.90 Å². The summed E-state index contributed by atoms with van der Waals surface area (Å²) in [4.78, 5) is 12.0. The summed E-state index contributed by atoms with van der Waals surface area (Å²) in [5.41, 5.74) is -0.118. The highest BCUT2D eigenvalue weighted by atomic mass is 16.5. The summed E-state index contributed by atoms with van der Waals surface area (Å²) in [5.74, 6) is 0.404. The first-order valence-electron chi connectivity index (χ1n) is 8.32. The average Bonchev–Trinajstić information content (AvgIpc) is 3.06. The van der Waals surface area contributed by atoms with E-state index in [1.165, 1.54) is 0 Å². The zero-order valence-electron chi connectivity index (χ0n) is 13.5. The molecular weight excluding hydrogens is 296 g/mol. The number of benzene rings is 1. The van der Waals surface area contributed by atoms with E-state index in [2.05, 4.69) is 0 Å². The SMILES string of the molecule is COc1c(OC2CCCOC2)cccc1C1(C(=O)O)CCCC1. The molecule has 1 aromatic carbocycles. The van der Waals surface area contributed by atoms with Crippen LogP contribution in [0.1, 0.15) is 44.1 Å². The molecule has 3 rings (SSSR count). The first kappa shape index (κ1) is 16.1. The van der Waals surface area contributed by atoms with Gasteiger partial charge in [-0.3, -0.25) is 4.79 Å². The summed E-state index contributed by atoms with van der Waals surface area (Å²) in [5, 5.41) is 9.83. The fraction of sp³-hybridized carbons (Fsp3) is 0.611. The van der Waals surface area contributed by atoms with Crippen LogP contribution in [0.5, 0.6) is 11.5 Å². The van der Waals surface area contributed by atoms with Crippen LogP contribution in [-0.4, -0.2) is 37.5 Å². The number of ether oxygens (including phenoxy) is 3. The molecule has 1 heterocycles. The molecule has 2 fully saturated rings. The number of hydrogen-bond acceptors (Lipinski definition) is 4. The lowest BCUT2D eigenvalue weighted by Crippen LogP contribution is -2.33. The van der Waals surface area contributed by atoms with E-state index in [4.69, 9.17) is 14.2 Å². The van der Waals surface area contributed by atoms with Gasteiger partial charge in [-0.05, 0) is 31.7 Å². The number of aliphatic carboxylic acids is 1. The van der Waals surface area contributed by atoms with E-state index in [1.807, 2.05) is 18.2 Å². The van der Waals surface area contributed by atoms with Gasteiger partial charge in [0.05, 0.1) is 19.1 Å². The fourth-order valence-electron chi connectivity index (χ4n) is 3.76. The number of rotatable bonds is 5. The van der Waals surface area contributed by atoms with Crippen molar-refractivity contribution in [1.82, 2.24) is 0 Å². The standard InChI is InChI=1S/C18H24O5/c1-21-16-14(18(17(19)20)9-2-3-10-18)7-4-8-15(16)23-13-6-5-11-22-12-13/h4,7-8,13H,2-3,5-6,9-12H2,1H3,(H,19,20). The third-order valence-corrected chi connectivity index (χ3v) is 4.98. The van der Waals surface area contributed by atoms with E-state index in [-0.39, 0.29) is 6.10 Å². The van der Waals surface area contributed by atoms with Crippen molar-refractivity contribution in [1.29, 1.82) is 0 Å². The van der Waals surface area contributed by atoms with Gasteiger partial charge in [0.25, 0.3) is 0 Å². The van der Waals surface area contributed by atoms with E-state index in [0.717, 1.165) is 37.9 Å². The lowest BCUT2D eigenvalue weighted by Gasteiger charge is -2.29. The number of methoxy groups -OCH3 is 1. The maximum atomic E-state index is 12.0. The van der Waals surface area contributed by atoms with Crippen LogP contribution in [0.4, 0.5) is 0 Å². The Morgan fingerprint density at radius 1 is 1.30 bits per heavy atom. The summed E-state index contributed by atoms with van der Waals surface area (Å²) in [6.07, 6.45) is 5.07. The molecule has 1 aromatic rings. The molecule has 126 valence electrons. The van der Waals surface area contributed by atoms with Gasteiger partial charge in [-0.25, -0.2) is 0 Å². The number of para-hydroxylation sites is 1. The number of hydrogen-bond donors (Lipinski definition) is 1. The molecule has 1 saturated carbocycles. The minimum Gasteiger partial charge on any atom is -0.493 e. The monoisotopic (exact) mass is 320 g/mol. The van der Waals surface area contributed by atoms with Gasteiger partial charge in [0.2, 0.25) is 0 Å². The van der Waals surface area contributed by atoms with Crippen LogP contribution in [0, 0.1) is 0 Å². The zero-order chi connectivity index (χ0) is 16.3. The second-order valence-electron chi connectivity index (χ2n) is 6.39. The molecule has 1 saturated heterocycles. The van der Waals surface area contributed by atoms with Crippen LogP contribution < -0.4 is 9.47 Å². The summed E-state index contributed by atoms with van der Waals surface area (Å²) < 4.78 is 17.1. The maximum Gasteiger partial charge on any atom is 0.314 e. The Bertz CT molecular complexity index is 557. The van der Waals surface area contributed by atoms with Gasteiger partial charge in [0.1, 0.15) is 6.10 Å². The summed E-state index contributed by atoms with van der Waals surface area (Å²) in [6, 6.07) is 5.57. The van der Waals surface area contributed by atoms with Crippen LogP contribution in [0.25, 0.3) is 0 Å². The Morgan fingerprint density at radius 3 is 2.70 bits per heavy atom. The molecule has 1 aliphatic heterocycles. The van der Waals surface area contributed by atoms with Crippen molar-refractivity contribution in [3.8, 4) is 11.5 Å². The van der Waals surface area contributed by atoms with Crippen LogP contribution in [0.2, 0.25) is 0 Å². The van der Waals surface area contributed by atoms with Gasteiger partial charge >= 0.3 is 5.97 Å². The summed E-state index contributed by atoms with van der Waals surface area (Å²) in [7, 11) is 1.58. The Labute approximate surface area is 136 Å². The molecule has 23 heavy (non-hydrogen) atoms. The molecule has 0 amide bonds. The first-order chi connectivity index (χ1) is 11.2. The Kier molecular flexibility index (Phi) is 4.76. The largest absolute Gasteiger partial charge is 0.493 e. The smallest absolute Gasteiger partial charge is 0.314 e. The van der Waals surface area contributed by atoms with Gasteiger partial charge in [0.15, 0.2) is 11.5 Å². The van der Waals surface area contributed by atoms with Crippen molar-refractivity contribution in [3.63, 3.8) is 0 Å². The molecule has 0 aromatic heterocycles. The van der Waals surface area contributed by atoms with Crippen molar-refractivity contribution in [2.75, 3.05) is 20.3 Å². The van der Waals surface area contributed by atoms with Crippen molar-refractivity contribution in [2.45, 2.75) is 50.0 Å². The van der Waals surface area contributed by atoms with Gasteiger partial charge in [-0.15, -0.1) is 0 Å². The summed E-state index contributed by atoms with van der Waals surface area (Å²) >= 11 is 0. The molecule has 1 unspecified atom stereocenters. The Balaban J connectivity index is 1.94. The molecule has 1 N–H and O–H groups in total. The molecule has 5 nitrogen and oxygen atoms in total. The van der Waals surface area contributed by atoms with Crippen LogP contribution in [0.3, 0.4) is 0 Å². The minimum absolute atomic E-state index is 0.00254. The van der Waals surface area contributed by atoms with E-state index >= 15 is 0 Å². The van der Waals surface area contributed by atoms with Crippen molar-refractivity contribution in [3.05, 3.63) is 23.8 Å². The van der Waals surface area contributed by atoms with Crippen molar-refractivity contribution >= 4 is 5.97 Å². The van der Waals surface area contributed by atoms with Crippen LogP contribution in [0.15, 0.2) is 18.2 Å². The molecular formula is C18H24O5. The highest BCUT2D eigenvalue weighted by molar-refractivity contribution is 5.83. The second kappa shape index (κ2) is 6.79. The predicted molar refractivity (Wildman–Crippen MR) is 85.2 cm³/mol. The van der Waals surface area contributed by atoms with E-state index in [0.29, 0.717) is 30.9 Å². The third kappa shape index (κ3) is 3.02. The van der Waals surface area contributed by atoms with Crippen molar-refractivity contribution in [2.24, 2.45) is 0 Å². The Morgan fingerprint density at radius 2 is 2.09 bits per heavy atom. The molecule has 0 bridgehead atoms. The lowest BCUT2D eigenvalue weighted by atomic mass is 9.78. The zero-order valence-corrected chi connectivity index (χ0v) is 13.5. The maximum absolute atomic E-state index is 12.0. The number of carboxylic acid groups (broad SMARTS) is 1. The average molecular weight is 320 g/mol. The van der Waals surface area contributed by atoms with E-state index < -0.39 is 11.4 Å². The van der Waals surface area contributed by atoms with Gasteiger partial charge < -0.3 is 19.3 Å². The predicted octanol–water partition coefficient (Wildman–Crippen LogP) is 3.15. The summed E-state index contributed by atoms with van der Waals surface area (Å²) in [6.45, 7) is 1.34.